The van der Waals surface area contributed by atoms with E-state index in [2.05, 4.69) is 10.3 Å². The molecule has 96 valence electrons. The molecule has 2 aromatic rings. The maximum atomic E-state index is 11.9. The fourth-order valence-electron chi connectivity index (χ4n) is 1.61. The molecule has 0 bridgehead atoms. The van der Waals surface area contributed by atoms with Crippen LogP contribution in [0.2, 0.25) is 0 Å². The number of carbonyl (C=O) groups is 1. The largest absolute Gasteiger partial charge is 0.327 e. The standard InChI is InChI=1S/C13H17N3OS/c1-7(8(2)14)13(17)16-10-4-5-11-12(6-10)18-9(3)15-11/h4-8H,14H2,1-3H3,(H,16,17). The summed E-state index contributed by atoms with van der Waals surface area (Å²) in [6.45, 7) is 5.64. The van der Waals surface area contributed by atoms with E-state index in [1.54, 1.807) is 11.3 Å². The van der Waals surface area contributed by atoms with E-state index in [-0.39, 0.29) is 17.9 Å². The normalized spacial score (nSPS) is 14.4. The van der Waals surface area contributed by atoms with Crippen LogP contribution in [-0.4, -0.2) is 16.9 Å². The van der Waals surface area contributed by atoms with Gasteiger partial charge in [-0.25, -0.2) is 4.98 Å². The van der Waals surface area contributed by atoms with Crippen molar-refractivity contribution in [3.05, 3.63) is 23.2 Å². The van der Waals surface area contributed by atoms with Crippen molar-refractivity contribution in [2.24, 2.45) is 11.7 Å². The molecule has 0 saturated heterocycles. The summed E-state index contributed by atoms with van der Waals surface area (Å²) in [5, 5.41) is 3.91. The number of hydrogen-bond donors (Lipinski definition) is 2. The summed E-state index contributed by atoms with van der Waals surface area (Å²) in [5.74, 6) is -0.255. The third-order valence-electron chi connectivity index (χ3n) is 2.97. The predicted molar refractivity (Wildman–Crippen MR) is 75.8 cm³/mol. The van der Waals surface area contributed by atoms with Crippen LogP contribution in [-0.2, 0) is 4.79 Å². The Morgan fingerprint density at radius 1 is 1.44 bits per heavy atom. The van der Waals surface area contributed by atoms with Gasteiger partial charge in [-0.3, -0.25) is 4.79 Å². The van der Waals surface area contributed by atoms with E-state index in [1.165, 1.54) is 0 Å². The zero-order valence-corrected chi connectivity index (χ0v) is 11.5. The first kappa shape index (κ1) is 13.0. The lowest BCUT2D eigenvalue weighted by Crippen LogP contribution is -2.34. The van der Waals surface area contributed by atoms with Crippen molar-refractivity contribution in [2.45, 2.75) is 26.8 Å². The van der Waals surface area contributed by atoms with E-state index in [1.807, 2.05) is 39.0 Å². The van der Waals surface area contributed by atoms with Crippen LogP contribution in [0.15, 0.2) is 18.2 Å². The van der Waals surface area contributed by atoms with Gasteiger partial charge in [0, 0.05) is 11.7 Å². The molecule has 0 saturated carbocycles. The van der Waals surface area contributed by atoms with Gasteiger partial charge in [0.25, 0.3) is 0 Å². The van der Waals surface area contributed by atoms with E-state index in [0.29, 0.717) is 0 Å². The van der Waals surface area contributed by atoms with Crippen molar-refractivity contribution in [3.63, 3.8) is 0 Å². The lowest BCUT2D eigenvalue weighted by molar-refractivity contribution is -0.119. The average molecular weight is 263 g/mol. The van der Waals surface area contributed by atoms with Gasteiger partial charge in [0.2, 0.25) is 5.91 Å². The first-order valence-corrected chi connectivity index (χ1v) is 6.72. The Morgan fingerprint density at radius 2 is 2.17 bits per heavy atom. The second-order valence-corrected chi connectivity index (χ2v) is 5.79. The molecule has 0 aliphatic carbocycles. The number of anilines is 1. The second-order valence-electron chi connectivity index (χ2n) is 4.55. The molecule has 1 heterocycles. The van der Waals surface area contributed by atoms with Crippen LogP contribution in [0.25, 0.3) is 10.2 Å². The third-order valence-corrected chi connectivity index (χ3v) is 3.90. The maximum Gasteiger partial charge on any atom is 0.228 e. The molecule has 0 radical (unpaired) electrons. The highest BCUT2D eigenvalue weighted by molar-refractivity contribution is 7.18. The molecular weight excluding hydrogens is 246 g/mol. The second kappa shape index (κ2) is 5.04. The number of nitrogens with one attached hydrogen (secondary N) is 1. The van der Waals surface area contributed by atoms with E-state index in [4.69, 9.17) is 5.73 Å². The Labute approximate surface area is 110 Å². The van der Waals surface area contributed by atoms with E-state index >= 15 is 0 Å². The van der Waals surface area contributed by atoms with Crippen LogP contribution in [0.4, 0.5) is 5.69 Å². The summed E-state index contributed by atoms with van der Waals surface area (Å²) in [4.78, 5) is 16.3. The minimum atomic E-state index is -0.205. The van der Waals surface area contributed by atoms with Crippen molar-refractivity contribution in [3.8, 4) is 0 Å². The molecule has 0 aliphatic rings. The topological polar surface area (TPSA) is 68.0 Å². The van der Waals surface area contributed by atoms with Crippen molar-refractivity contribution >= 4 is 33.1 Å². The van der Waals surface area contributed by atoms with Crippen molar-refractivity contribution < 1.29 is 4.79 Å². The number of aromatic nitrogens is 1. The summed E-state index contributed by atoms with van der Waals surface area (Å²) in [6, 6.07) is 5.59. The van der Waals surface area contributed by atoms with Crippen LogP contribution in [0, 0.1) is 12.8 Å². The molecule has 5 heteroatoms. The molecule has 2 unspecified atom stereocenters. The molecule has 1 amide bonds. The lowest BCUT2D eigenvalue weighted by atomic mass is 10.0. The molecule has 0 aliphatic heterocycles. The Morgan fingerprint density at radius 3 is 2.83 bits per heavy atom. The fourth-order valence-corrected chi connectivity index (χ4v) is 2.48. The van der Waals surface area contributed by atoms with Gasteiger partial charge < -0.3 is 11.1 Å². The molecule has 2 rings (SSSR count). The third kappa shape index (κ3) is 2.68. The Balaban J connectivity index is 2.19. The number of aryl methyl sites for hydroxylation is 1. The Bertz CT molecular complexity index is 577. The number of fused-ring (bicyclic) bond motifs is 1. The highest BCUT2D eigenvalue weighted by Crippen LogP contribution is 2.25. The van der Waals surface area contributed by atoms with Crippen LogP contribution in [0.3, 0.4) is 0 Å². The minimum absolute atomic E-state index is 0.0504. The molecule has 1 aromatic carbocycles. The smallest absolute Gasteiger partial charge is 0.228 e. The van der Waals surface area contributed by atoms with E-state index < -0.39 is 0 Å². The van der Waals surface area contributed by atoms with Gasteiger partial charge in [-0.1, -0.05) is 6.92 Å². The van der Waals surface area contributed by atoms with Crippen molar-refractivity contribution in [2.75, 3.05) is 5.32 Å². The van der Waals surface area contributed by atoms with Crippen LogP contribution >= 0.6 is 11.3 Å². The number of benzene rings is 1. The summed E-state index contributed by atoms with van der Waals surface area (Å²) >= 11 is 1.62. The Hall–Kier alpha value is -1.46. The monoisotopic (exact) mass is 263 g/mol. The highest BCUT2D eigenvalue weighted by Gasteiger charge is 2.17. The molecular formula is C13H17N3OS. The molecule has 0 spiro atoms. The predicted octanol–water partition coefficient (Wildman–Crippen LogP) is 2.53. The summed E-state index contributed by atoms with van der Waals surface area (Å²) in [6.07, 6.45) is 0. The maximum absolute atomic E-state index is 11.9. The van der Waals surface area contributed by atoms with Gasteiger partial charge in [0.15, 0.2) is 0 Å². The van der Waals surface area contributed by atoms with Crippen LogP contribution in [0.1, 0.15) is 18.9 Å². The molecule has 0 fully saturated rings. The summed E-state index contributed by atoms with van der Waals surface area (Å²) < 4.78 is 1.08. The molecule has 1 aromatic heterocycles. The number of nitrogens with two attached hydrogens (primary N) is 1. The number of thiazole rings is 1. The number of carbonyl (C=O) groups excluding carboxylic acids is 1. The van der Waals surface area contributed by atoms with Gasteiger partial charge in [0.05, 0.1) is 21.1 Å². The van der Waals surface area contributed by atoms with Gasteiger partial charge in [-0.15, -0.1) is 11.3 Å². The summed E-state index contributed by atoms with van der Waals surface area (Å²) in [5.41, 5.74) is 7.48. The number of amides is 1. The minimum Gasteiger partial charge on any atom is -0.327 e. The fraction of sp³-hybridized carbons (Fsp3) is 0.385. The molecule has 2 atom stereocenters. The average Bonchev–Trinajstić information content (AvgIpc) is 2.67. The van der Waals surface area contributed by atoms with Gasteiger partial charge in [-0.05, 0) is 32.0 Å². The van der Waals surface area contributed by atoms with E-state index in [0.717, 1.165) is 20.9 Å². The lowest BCUT2D eigenvalue weighted by Gasteiger charge is -2.15. The zero-order chi connectivity index (χ0) is 13.3. The Kier molecular flexibility index (Phi) is 3.63. The quantitative estimate of drug-likeness (QED) is 0.894. The van der Waals surface area contributed by atoms with Crippen molar-refractivity contribution in [1.29, 1.82) is 0 Å². The van der Waals surface area contributed by atoms with Crippen LogP contribution < -0.4 is 11.1 Å². The first-order chi connectivity index (χ1) is 8.47. The molecule has 4 nitrogen and oxygen atoms in total. The summed E-state index contributed by atoms with van der Waals surface area (Å²) in [7, 11) is 0. The van der Waals surface area contributed by atoms with Gasteiger partial charge in [-0.2, -0.15) is 0 Å². The van der Waals surface area contributed by atoms with Gasteiger partial charge in [0.1, 0.15) is 0 Å². The SMILES string of the molecule is Cc1nc2ccc(NC(=O)C(C)C(C)N)cc2s1. The number of rotatable bonds is 3. The zero-order valence-electron chi connectivity index (χ0n) is 10.7. The number of hydrogen-bond acceptors (Lipinski definition) is 4. The van der Waals surface area contributed by atoms with E-state index in [9.17, 15) is 4.79 Å². The van der Waals surface area contributed by atoms with Gasteiger partial charge >= 0.3 is 0 Å². The molecule has 3 N–H and O–H groups in total. The van der Waals surface area contributed by atoms with Crippen LogP contribution in [0.5, 0.6) is 0 Å². The van der Waals surface area contributed by atoms with Crippen molar-refractivity contribution in [1.82, 2.24) is 4.98 Å². The first-order valence-electron chi connectivity index (χ1n) is 5.91. The number of nitrogens with zero attached hydrogens (tertiary/aromatic N) is 1. The molecule has 18 heavy (non-hydrogen) atoms. The highest BCUT2D eigenvalue weighted by atomic mass is 32.1.